The molecule has 0 amide bonds. The molecule has 0 saturated carbocycles. The van der Waals surface area contributed by atoms with E-state index in [0.717, 1.165) is 61.4 Å². The molecule has 3 heterocycles. The van der Waals surface area contributed by atoms with E-state index in [0.29, 0.717) is 11.8 Å². The maximum absolute atomic E-state index is 6.51. The molecule has 10 aromatic rings. The van der Waals surface area contributed by atoms with E-state index in [9.17, 15) is 0 Å². The third kappa shape index (κ3) is 5.27. The van der Waals surface area contributed by atoms with Crippen LogP contribution in [0.1, 0.15) is 24.2 Å². The van der Waals surface area contributed by atoms with Crippen LogP contribution >= 0.6 is 0 Å². The summed E-state index contributed by atoms with van der Waals surface area (Å²) in [6.45, 7) is 5.90. The van der Waals surface area contributed by atoms with Crippen LogP contribution in [0.2, 0.25) is 0 Å². The molecule has 1 atom stereocenters. The number of benzene rings is 7. The van der Waals surface area contributed by atoms with E-state index in [2.05, 4.69) is 153 Å². The zero-order valence-electron chi connectivity index (χ0n) is 29.6. The van der Waals surface area contributed by atoms with Crippen molar-refractivity contribution in [2.75, 3.05) is 0 Å². The molecule has 10 rings (SSSR count). The second-order valence-electron chi connectivity index (χ2n) is 13.5. The lowest BCUT2D eigenvalue weighted by Crippen LogP contribution is -2.03. The first-order valence-corrected chi connectivity index (χ1v) is 18.1. The fraction of sp³-hybridized carbons (Fsp3) is 0.0417. The molecular weight excluding hydrogens is 665 g/mol. The largest absolute Gasteiger partial charge is 0.486 e. The zero-order chi connectivity index (χ0) is 36.2. The van der Waals surface area contributed by atoms with E-state index in [4.69, 9.17) is 9.15 Å². The average Bonchev–Trinajstić information content (AvgIpc) is 3.94. The van der Waals surface area contributed by atoms with Gasteiger partial charge in [-0.25, -0.2) is 0 Å². The van der Waals surface area contributed by atoms with E-state index in [-0.39, 0.29) is 6.10 Å². The normalized spacial score (nSPS) is 12.2. The lowest BCUT2D eigenvalue weighted by Gasteiger charge is -2.15. The van der Waals surface area contributed by atoms with Crippen molar-refractivity contribution >= 4 is 49.7 Å². The van der Waals surface area contributed by atoms with Crippen LogP contribution in [0, 0.1) is 0 Å². The van der Waals surface area contributed by atoms with Crippen molar-refractivity contribution in [1.29, 1.82) is 0 Å². The Morgan fingerprint density at radius 2 is 1.02 bits per heavy atom. The summed E-state index contributed by atoms with van der Waals surface area (Å²) in [6, 6.07) is 56.8. The highest BCUT2D eigenvalue weighted by Gasteiger charge is 2.20. The van der Waals surface area contributed by atoms with Crippen LogP contribution in [0.3, 0.4) is 0 Å². The maximum Gasteiger partial charge on any atom is 0.248 e. The van der Waals surface area contributed by atoms with Gasteiger partial charge < -0.3 is 18.3 Å². The van der Waals surface area contributed by atoms with Gasteiger partial charge in [-0.15, -0.1) is 10.2 Å². The van der Waals surface area contributed by atoms with Gasteiger partial charge in [-0.1, -0.05) is 116 Å². The van der Waals surface area contributed by atoms with Crippen LogP contribution in [0.5, 0.6) is 5.75 Å². The molecule has 0 N–H and O–H groups in total. The highest BCUT2D eigenvalue weighted by atomic mass is 16.5. The van der Waals surface area contributed by atoms with Crippen LogP contribution in [0.15, 0.2) is 175 Å². The molecule has 54 heavy (non-hydrogen) atoms. The molecule has 0 aliphatic heterocycles. The number of hydrogen-bond donors (Lipinski definition) is 0. The Morgan fingerprint density at radius 1 is 0.537 bits per heavy atom. The zero-order valence-corrected chi connectivity index (χ0v) is 29.6. The topological polar surface area (TPSA) is 58.0 Å². The molecule has 0 spiro atoms. The first-order valence-electron chi connectivity index (χ1n) is 18.1. The Balaban J connectivity index is 1.11. The predicted octanol–water partition coefficient (Wildman–Crippen LogP) is 12.4. The number of nitrogens with zero attached hydrogens (tertiary/aromatic N) is 4. The Morgan fingerprint density at radius 3 is 1.52 bits per heavy atom. The van der Waals surface area contributed by atoms with Crippen molar-refractivity contribution in [3.8, 4) is 40.0 Å². The number of rotatable bonds is 8. The second-order valence-corrected chi connectivity index (χ2v) is 13.5. The predicted molar refractivity (Wildman–Crippen MR) is 219 cm³/mol. The van der Waals surface area contributed by atoms with Crippen LogP contribution in [0.25, 0.3) is 84.0 Å². The summed E-state index contributed by atoms with van der Waals surface area (Å²) in [5, 5.41) is 14.0. The number of para-hydroxylation sites is 4. The molecule has 0 aliphatic rings. The van der Waals surface area contributed by atoms with Gasteiger partial charge in [0.2, 0.25) is 11.8 Å². The molecule has 0 aliphatic carbocycles. The van der Waals surface area contributed by atoms with E-state index in [1.165, 1.54) is 21.5 Å². The number of aromatic nitrogens is 4. The van der Waals surface area contributed by atoms with Crippen molar-refractivity contribution < 1.29 is 9.15 Å². The highest BCUT2D eigenvalue weighted by Crippen LogP contribution is 2.38. The average molecular weight is 699 g/mol. The summed E-state index contributed by atoms with van der Waals surface area (Å²) in [5.74, 6) is 1.56. The third-order valence-electron chi connectivity index (χ3n) is 10.3. The third-order valence-corrected chi connectivity index (χ3v) is 10.3. The van der Waals surface area contributed by atoms with Gasteiger partial charge in [-0.05, 0) is 78.7 Å². The number of hydrogen-bond acceptors (Lipinski definition) is 4. The summed E-state index contributed by atoms with van der Waals surface area (Å²) in [7, 11) is 0. The van der Waals surface area contributed by atoms with Gasteiger partial charge >= 0.3 is 0 Å². The van der Waals surface area contributed by atoms with Gasteiger partial charge in [-0.3, -0.25) is 0 Å². The van der Waals surface area contributed by atoms with Crippen molar-refractivity contribution in [2.45, 2.75) is 13.0 Å². The lowest BCUT2D eigenvalue weighted by molar-refractivity contribution is 0.227. The first kappa shape index (κ1) is 31.5. The highest BCUT2D eigenvalue weighted by molar-refractivity contribution is 6.10. The van der Waals surface area contributed by atoms with E-state index < -0.39 is 0 Å². The number of ether oxygens (including phenoxy) is 1. The Labute approximate surface area is 311 Å². The molecule has 6 heteroatoms. The van der Waals surface area contributed by atoms with Gasteiger partial charge in [0.25, 0.3) is 0 Å². The molecule has 7 aromatic carbocycles. The van der Waals surface area contributed by atoms with Crippen LogP contribution < -0.4 is 4.74 Å². The summed E-state index contributed by atoms with van der Waals surface area (Å²) in [5.41, 5.74) is 10.2. The fourth-order valence-electron chi connectivity index (χ4n) is 7.71. The van der Waals surface area contributed by atoms with Crippen LogP contribution in [-0.2, 0) is 0 Å². The fourth-order valence-corrected chi connectivity index (χ4v) is 7.71. The minimum atomic E-state index is -0.153. The molecule has 3 aromatic heterocycles. The smallest absolute Gasteiger partial charge is 0.248 e. The summed E-state index contributed by atoms with van der Waals surface area (Å²) in [4.78, 5) is 0. The summed E-state index contributed by atoms with van der Waals surface area (Å²) < 4.78 is 17.5. The molecule has 258 valence electrons. The second kappa shape index (κ2) is 12.8. The van der Waals surface area contributed by atoms with Crippen LogP contribution in [-0.4, -0.2) is 19.3 Å². The maximum atomic E-state index is 6.51. The molecular formula is C48H34N4O2. The van der Waals surface area contributed by atoms with Crippen LogP contribution in [0.4, 0.5) is 0 Å². The molecule has 0 fully saturated rings. The van der Waals surface area contributed by atoms with Crippen molar-refractivity contribution in [2.24, 2.45) is 0 Å². The molecule has 0 bridgehead atoms. The quantitative estimate of drug-likeness (QED) is 0.158. The van der Waals surface area contributed by atoms with E-state index >= 15 is 0 Å². The molecule has 0 saturated heterocycles. The SMILES string of the molecule is C=Cc1ccc(C(C)Oc2cccc(-c3nnc(-c4cc(-n5c6ccccc6c6ccccc65)cc(-n5c6ccccc6c6ccccc65)c4)o3)c2)cc1. The monoisotopic (exact) mass is 698 g/mol. The first-order chi connectivity index (χ1) is 26.6. The molecule has 1 unspecified atom stereocenters. The summed E-state index contributed by atoms with van der Waals surface area (Å²) >= 11 is 0. The van der Waals surface area contributed by atoms with Crippen molar-refractivity contribution in [1.82, 2.24) is 19.3 Å². The summed E-state index contributed by atoms with van der Waals surface area (Å²) in [6.07, 6.45) is 1.68. The minimum Gasteiger partial charge on any atom is -0.486 e. The Bertz CT molecular complexity index is 2780. The number of fused-ring (bicyclic) bond motifs is 6. The molecule has 0 radical (unpaired) electrons. The van der Waals surface area contributed by atoms with Crippen molar-refractivity contribution in [3.05, 3.63) is 181 Å². The van der Waals surface area contributed by atoms with Gasteiger partial charge in [0, 0.05) is 44.0 Å². The van der Waals surface area contributed by atoms with Gasteiger partial charge in [-0.2, -0.15) is 0 Å². The van der Waals surface area contributed by atoms with Crippen molar-refractivity contribution in [3.63, 3.8) is 0 Å². The molecule has 6 nitrogen and oxygen atoms in total. The van der Waals surface area contributed by atoms with Gasteiger partial charge in [0.1, 0.15) is 11.9 Å². The Hall–Kier alpha value is -7.18. The van der Waals surface area contributed by atoms with Gasteiger partial charge in [0.05, 0.1) is 22.1 Å². The Kier molecular flexibility index (Phi) is 7.47. The van der Waals surface area contributed by atoms with Gasteiger partial charge in [0.15, 0.2) is 0 Å². The minimum absolute atomic E-state index is 0.153. The van der Waals surface area contributed by atoms with E-state index in [1.54, 1.807) is 0 Å². The lowest BCUT2D eigenvalue weighted by atomic mass is 10.1. The van der Waals surface area contributed by atoms with E-state index in [1.807, 2.05) is 49.4 Å². The standard InChI is InChI=1S/C48H34N4O2/c1-3-32-23-25-33(26-24-32)31(2)53-38-14-12-13-34(29-38)47-49-50-48(54-47)35-27-36(51-43-19-8-4-15-39(43)40-16-5-9-20-44(40)51)30-37(28-35)52-45-21-10-6-17-41(45)42-18-7-11-22-46(42)52/h3-31H,1H2,2H3.